The van der Waals surface area contributed by atoms with Crippen LogP contribution in [-0.4, -0.2) is 16.9 Å². The summed E-state index contributed by atoms with van der Waals surface area (Å²) in [6.45, 7) is 5.53. The molecule has 2 aromatic rings. The third-order valence-corrected chi connectivity index (χ3v) is 3.55. The summed E-state index contributed by atoms with van der Waals surface area (Å²) in [5.74, 6) is 0.276. The van der Waals surface area contributed by atoms with Gasteiger partial charge in [-0.1, -0.05) is 18.2 Å². The van der Waals surface area contributed by atoms with Crippen molar-refractivity contribution >= 4 is 17.3 Å². The third-order valence-electron chi connectivity index (χ3n) is 3.55. The van der Waals surface area contributed by atoms with Crippen LogP contribution in [-0.2, 0) is 4.79 Å². The van der Waals surface area contributed by atoms with Crippen LogP contribution in [0.15, 0.2) is 42.5 Å². The van der Waals surface area contributed by atoms with Crippen molar-refractivity contribution in [2.45, 2.75) is 26.9 Å². The number of ether oxygens (including phenoxy) is 1. The number of amides is 1. The van der Waals surface area contributed by atoms with Gasteiger partial charge in [0.05, 0.1) is 4.92 Å². The standard InChI is InChI=1S/C17H18N2O4/c1-11-6-4-9-16(12(11)2)23-13(3)17(20)18-14-7-5-8-15(10-14)19(21)22/h4-10,13H,1-3H3,(H,18,20)/t13-/m0/s1. The molecule has 0 aromatic heterocycles. The highest BCUT2D eigenvalue weighted by Crippen LogP contribution is 2.22. The molecule has 0 saturated carbocycles. The third kappa shape index (κ3) is 4.06. The molecule has 1 amide bonds. The Bertz CT molecular complexity index is 743. The first-order valence-electron chi connectivity index (χ1n) is 7.16. The van der Waals surface area contributed by atoms with Crippen molar-refractivity contribution in [3.05, 3.63) is 63.7 Å². The molecule has 2 aromatic carbocycles. The molecular weight excluding hydrogens is 296 g/mol. The number of carbonyl (C=O) groups excluding carboxylic acids is 1. The lowest BCUT2D eigenvalue weighted by Gasteiger charge is -2.17. The van der Waals surface area contributed by atoms with Crippen molar-refractivity contribution in [2.75, 3.05) is 5.32 Å². The highest BCUT2D eigenvalue weighted by molar-refractivity contribution is 5.94. The fraction of sp³-hybridized carbons (Fsp3) is 0.235. The first-order chi connectivity index (χ1) is 10.9. The monoisotopic (exact) mass is 314 g/mol. The summed E-state index contributed by atoms with van der Waals surface area (Å²) in [7, 11) is 0. The van der Waals surface area contributed by atoms with Gasteiger partial charge in [0, 0.05) is 17.8 Å². The summed E-state index contributed by atoms with van der Waals surface area (Å²) in [5.41, 5.74) is 2.34. The number of anilines is 1. The van der Waals surface area contributed by atoms with Crippen molar-refractivity contribution in [3.63, 3.8) is 0 Å². The van der Waals surface area contributed by atoms with Crippen LogP contribution < -0.4 is 10.1 Å². The maximum absolute atomic E-state index is 12.2. The molecule has 1 atom stereocenters. The van der Waals surface area contributed by atoms with E-state index in [4.69, 9.17) is 4.74 Å². The molecule has 0 aliphatic rings. The minimum absolute atomic E-state index is 0.0779. The molecule has 0 spiro atoms. The lowest BCUT2D eigenvalue weighted by Crippen LogP contribution is -2.30. The first-order valence-corrected chi connectivity index (χ1v) is 7.16. The van der Waals surface area contributed by atoms with Gasteiger partial charge in [-0.3, -0.25) is 14.9 Å². The van der Waals surface area contributed by atoms with Gasteiger partial charge in [0.25, 0.3) is 11.6 Å². The molecule has 0 unspecified atom stereocenters. The normalized spacial score (nSPS) is 11.6. The van der Waals surface area contributed by atoms with Gasteiger partial charge in [0.15, 0.2) is 6.10 Å². The number of nitrogens with zero attached hydrogens (tertiary/aromatic N) is 1. The van der Waals surface area contributed by atoms with Gasteiger partial charge in [-0.05, 0) is 44.0 Å². The van der Waals surface area contributed by atoms with Gasteiger partial charge in [-0.25, -0.2) is 0 Å². The minimum atomic E-state index is -0.727. The molecule has 0 fully saturated rings. The Morgan fingerprint density at radius 2 is 1.91 bits per heavy atom. The Balaban J connectivity index is 2.07. The summed E-state index contributed by atoms with van der Waals surface area (Å²) >= 11 is 0. The maximum atomic E-state index is 12.2. The summed E-state index contributed by atoms with van der Waals surface area (Å²) in [5, 5.41) is 13.4. The highest BCUT2D eigenvalue weighted by atomic mass is 16.6. The van der Waals surface area contributed by atoms with E-state index in [0.29, 0.717) is 11.4 Å². The van der Waals surface area contributed by atoms with E-state index in [1.165, 1.54) is 18.2 Å². The van der Waals surface area contributed by atoms with Crippen LogP contribution in [0.1, 0.15) is 18.1 Å². The molecule has 23 heavy (non-hydrogen) atoms. The molecule has 120 valence electrons. The zero-order valence-electron chi connectivity index (χ0n) is 13.2. The van der Waals surface area contributed by atoms with Gasteiger partial charge in [-0.2, -0.15) is 0 Å². The van der Waals surface area contributed by atoms with Crippen LogP contribution in [0, 0.1) is 24.0 Å². The molecule has 1 N–H and O–H groups in total. The van der Waals surface area contributed by atoms with Crippen LogP contribution in [0.4, 0.5) is 11.4 Å². The Hall–Kier alpha value is -2.89. The van der Waals surface area contributed by atoms with Crippen molar-refractivity contribution in [2.24, 2.45) is 0 Å². The van der Waals surface area contributed by atoms with Gasteiger partial charge in [-0.15, -0.1) is 0 Å². The number of aryl methyl sites for hydroxylation is 1. The average molecular weight is 314 g/mol. The molecule has 6 nitrogen and oxygen atoms in total. The maximum Gasteiger partial charge on any atom is 0.271 e. The molecule has 0 aliphatic heterocycles. The number of carbonyl (C=O) groups is 1. The van der Waals surface area contributed by atoms with Crippen molar-refractivity contribution in [3.8, 4) is 5.75 Å². The van der Waals surface area contributed by atoms with E-state index in [1.807, 2.05) is 26.0 Å². The second kappa shape index (κ2) is 6.91. The molecule has 0 bridgehead atoms. The number of non-ortho nitro benzene ring substituents is 1. The quantitative estimate of drug-likeness (QED) is 0.675. The molecule has 0 heterocycles. The molecule has 2 rings (SSSR count). The number of nitro groups is 1. The lowest BCUT2D eigenvalue weighted by atomic mass is 10.1. The Kier molecular flexibility index (Phi) is 4.95. The smallest absolute Gasteiger partial charge is 0.271 e. The SMILES string of the molecule is Cc1cccc(O[C@@H](C)C(=O)Nc2cccc([N+](=O)[O-])c2)c1C. The van der Waals surface area contributed by atoms with Gasteiger partial charge in [0.2, 0.25) is 0 Å². The second-order valence-electron chi connectivity index (χ2n) is 5.25. The van der Waals surface area contributed by atoms with Crippen LogP contribution in [0.2, 0.25) is 0 Å². The fourth-order valence-electron chi connectivity index (χ4n) is 2.04. The van der Waals surface area contributed by atoms with Gasteiger partial charge < -0.3 is 10.1 Å². The largest absolute Gasteiger partial charge is 0.481 e. The summed E-state index contributed by atoms with van der Waals surface area (Å²) < 4.78 is 5.69. The Labute approximate surface area is 134 Å². The molecule has 0 aliphatic carbocycles. The number of benzene rings is 2. The summed E-state index contributed by atoms with van der Waals surface area (Å²) in [6, 6.07) is 11.4. The Morgan fingerprint density at radius 1 is 1.22 bits per heavy atom. The lowest BCUT2D eigenvalue weighted by molar-refractivity contribution is -0.384. The topological polar surface area (TPSA) is 81.5 Å². The van der Waals surface area contributed by atoms with E-state index in [9.17, 15) is 14.9 Å². The zero-order valence-corrected chi connectivity index (χ0v) is 13.2. The van der Waals surface area contributed by atoms with E-state index in [2.05, 4.69) is 5.32 Å². The first kappa shape index (κ1) is 16.5. The number of nitrogens with one attached hydrogen (secondary N) is 1. The predicted octanol–water partition coefficient (Wildman–Crippen LogP) is 3.62. The average Bonchev–Trinajstić information content (AvgIpc) is 2.52. The van der Waals surface area contributed by atoms with Crippen molar-refractivity contribution in [1.82, 2.24) is 0 Å². The number of hydrogen-bond acceptors (Lipinski definition) is 4. The second-order valence-corrected chi connectivity index (χ2v) is 5.25. The van der Waals surface area contributed by atoms with Crippen LogP contribution in [0.3, 0.4) is 0 Å². The summed E-state index contributed by atoms with van der Waals surface area (Å²) in [4.78, 5) is 22.4. The summed E-state index contributed by atoms with van der Waals surface area (Å²) in [6.07, 6.45) is -0.727. The Morgan fingerprint density at radius 3 is 2.61 bits per heavy atom. The molecule has 0 radical (unpaired) electrons. The van der Waals surface area contributed by atoms with Crippen LogP contribution in [0.5, 0.6) is 5.75 Å². The van der Waals surface area contributed by atoms with Crippen molar-refractivity contribution < 1.29 is 14.5 Å². The van der Waals surface area contributed by atoms with Crippen molar-refractivity contribution in [1.29, 1.82) is 0 Å². The molecular formula is C17H18N2O4. The number of rotatable bonds is 5. The number of hydrogen-bond donors (Lipinski definition) is 1. The van der Waals surface area contributed by atoms with Gasteiger partial charge in [0.1, 0.15) is 5.75 Å². The zero-order chi connectivity index (χ0) is 17.0. The van der Waals surface area contributed by atoms with Crippen LogP contribution >= 0.6 is 0 Å². The van der Waals surface area contributed by atoms with E-state index in [0.717, 1.165) is 11.1 Å². The number of nitro benzene ring substituents is 1. The minimum Gasteiger partial charge on any atom is -0.481 e. The van der Waals surface area contributed by atoms with Crippen LogP contribution in [0.25, 0.3) is 0 Å². The molecule has 0 saturated heterocycles. The molecule has 6 heteroatoms. The van der Waals surface area contributed by atoms with E-state index >= 15 is 0 Å². The van der Waals surface area contributed by atoms with E-state index in [1.54, 1.807) is 19.1 Å². The predicted molar refractivity (Wildman–Crippen MR) is 87.7 cm³/mol. The van der Waals surface area contributed by atoms with E-state index < -0.39 is 11.0 Å². The highest BCUT2D eigenvalue weighted by Gasteiger charge is 2.17. The van der Waals surface area contributed by atoms with E-state index in [-0.39, 0.29) is 11.6 Å². The van der Waals surface area contributed by atoms with Gasteiger partial charge >= 0.3 is 0 Å². The fourth-order valence-corrected chi connectivity index (χ4v) is 2.04.